The average Bonchev–Trinajstić information content (AvgIpc) is 3.94. The number of fused-ring (bicyclic) bond motifs is 4. The zero-order valence-corrected chi connectivity index (χ0v) is 39.0. The fourth-order valence-corrected chi connectivity index (χ4v) is 16.1. The number of carbonyl (C=O) groups is 1. The number of methoxy groups -OCH3 is 1. The highest BCUT2D eigenvalue weighted by atomic mass is 35.5. The number of benzene rings is 3. The number of amides is 1. The molecule has 1 N–H and O–H groups in total. The molecule has 1 amide bonds. The Morgan fingerprint density at radius 1 is 0.939 bits per heavy atom. The van der Waals surface area contributed by atoms with Gasteiger partial charge in [0.25, 0.3) is 8.32 Å². The maximum Gasteiger partial charge on any atom is 0.418 e. The molecule has 350 valence electrons. The van der Waals surface area contributed by atoms with Crippen molar-refractivity contribution in [2.45, 2.75) is 94.2 Å². The monoisotopic (exact) mass is 948 g/mol. The predicted octanol–water partition coefficient (Wildman–Crippen LogP) is 8.77. The molecule has 4 saturated heterocycles. The van der Waals surface area contributed by atoms with Gasteiger partial charge < -0.3 is 28.6 Å². The van der Waals surface area contributed by atoms with Gasteiger partial charge in [-0.1, -0.05) is 93.0 Å². The third kappa shape index (κ3) is 8.24. The number of hydrogen-bond donors (Lipinski definition) is 1. The smallest absolute Gasteiger partial charge is 0.418 e. The van der Waals surface area contributed by atoms with Crippen LogP contribution in [-0.2, 0) is 15.3 Å². The second kappa shape index (κ2) is 17.9. The highest BCUT2D eigenvalue weighted by molar-refractivity contribution is 6.99. The number of alkyl halides is 3. The summed E-state index contributed by atoms with van der Waals surface area (Å²) in [5.41, 5.74) is -3.28. The fourth-order valence-electron chi connectivity index (χ4n) is 11.1. The summed E-state index contributed by atoms with van der Waals surface area (Å²) in [6.45, 7) is 8.53. The highest BCUT2D eigenvalue weighted by Gasteiger charge is 2.54. The molecule has 66 heavy (non-hydrogen) atoms. The lowest BCUT2D eigenvalue weighted by Gasteiger charge is -2.44. The zero-order valence-electron chi connectivity index (χ0n) is 37.3. The highest BCUT2D eigenvalue weighted by Crippen LogP contribution is 2.47. The van der Waals surface area contributed by atoms with Crippen molar-refractivity contribution in [2.24, 2.45) is 0 Å². The molecule has 4 fully saturated rings. The summed E-state index contributed by atoms with van der Waals surface area (Å²) in [7, 11) is -1.47. The Labute approximate surface area is 386 Å². The van der Waals surface area contributed by atoms with E-state index >= 15 is 4.39 Å². The quantitative estimate of drug-likeness (QED) is 0.0693. The van der Waals surface area contributed by atoms with Crippen LogP contribution in [0.3, 0.4) is 0 Å². The molecule has 2 bridgehead atoms. The summed E-state index contributed by atoms with van der Waals surface area (Å²) in [4.78, 5) is 31.7. The molecule has 12 nitrogen and oxygen atoms in total. The lowest BCUT2D eigenvalue weighted by molar-refractivity contribution is -0.137. The van der Waals surface area contributed by atoms with E-state index in [1.807, 2.05) is 17.0 Å². The number of halogens is 5. The van der Waals surface area contributed by atoms with Gasteiger partial charge in [-0.05, 0) is 72.6 Å². The summed E-state index contributed by atoms with van der Waals surface area (Å²) >= 11 is 6.21. The van der Waals surface area contributed by atoms with Crippen molar-refractivity contribution in [1.29, 1.82) is 0 Å². The molecule has 5 aromatic rings. The molecular formula is C48H53ClF4N6O6Si. The molecule has 2 aromatic heterocycles. The second-order valence-corrected chi connectivity index (χ2v) is 23.6. The van der Waals surface area contributed by atoms with Crippen LogP contribution in [0.4, 0.5) is 28.2 Å². The summed E-state index contributed by atoms with van der Waals surface area (Å²) in [6.07, 6.45) is -0.0269. The van der Waals surface area contributed by atoms with E-state index in [1.165, 1.54) is 28.6 Å². The van der Waals surface area contributed by atoms with Gasteiger partial charge in [-0.3, -0.25) is 14.8 Å². The predicted molar refractivity (Wildman–Crippen MR) is 245 cm³/mol. The zero-order chi connectivity index (χ0) is 46.6. The molecule has 2 unspecified atom stereocenters. The molecule has 4 atom stereocenters. The number of pyridine rings is 1. The van der Waals surface area contributed by atoms with Crippen molar-refractivity contribution in [2.75, 3.05) is 51.7 Å². The Balaban J connectivity index is 1.06. The molecule has 3 aromatic carbocycles. The van der Waals surface area contributed by atoms with Crippen molar-refractivity contribution in [3.63, 3.8) is 0 Å². The van der Waals surface area contributed by atoms with Crippen molar-refractivity contribution in [1.82, 2.24) is 24.8 Å². The van der Waals surface area contributed by atoms with Gasteiger partial charge >= 0.3 is 18.3 Å². The molecule has 0 spiro atoms. The standard InChI is InChI=1S/C48H53ClF4N6O6Si/c1-46(2,3)66(34-12-7-5-8-13-34,35-14-9-6-10-15-35)65-27-32-18-20-47(19-11-21-58(32)47)28-63-44-55-42-37(43(56-44)57-25-30-16-17-31(26-57)59(30)45(60)61)24-54-41(40(42)50)36-22-33(64-29-62-4)23-38(49)39(36)48(51,52)53/h5-10,12-15,22-24,30-32H,11,16-21,25-29H2,1-4H3,(H,60,61)/t30?,31?,32-,47+/m0/s1. The molecule has 4 aliphatic heterocycles. The van der Waals surface area contributed by atoms with Crippen LogP contribution in [0.2, 0.25) is 10.1 Å². The number of ether oxygens (including phenoxy) is 3. The molecule has 4 aliphatic rings. The van der Waals surface area contributed by atoms with E-state index in [0.29, 0.717) is 19.4 Å². The van der Waals surface area contributed by atoms with E-state index in [1.54, 1.807) is 0 Å². The van der Waals surface area contributed by atoms with Crippen LogP contribution >= 0.6 is 11.6 Å². The maximum absolute atomic E-state index is 17.2. The van der Waals surface area contributed by atoms with Crippen LogP contribution in [0.15, 0.2) is 79.0 Å². The van der Waals surface area contributed by atoms with Gasteiger partial charge in [0.05, 0.1) is 40.2 Å². The molecule has 18 heteroatoms. The van der Waals surface area contributed by atoms with Gasteiger partial charge in [0.2, 0.25) is 0 Å². The first-order valence-corrected chi connectivity index (χ1v) is 24.6. The number of hydrogen-bond acceptors (Lipinski definition) is 10. The van der Waals surface area contributed by atoms with E-state index in [0.717, 1.165) is 44.4 Å². The van der Waals surface area contributed by atoms with E-state index < -0.39 is 53.8 Å². The molecule has 0 radical (unpaired) electrons. The number of nitrogens with zero attached hydrogens (tertiary/aromatic N) is 6. The number of carboxylic acid groups (broad SMARTS) is 1. The topological polar surface area (TPSA) is 123 Å². The lowest BCUT2D eigenvalue weighted by atomic mass is 9.95. The second-order valence-electron chi connectivity index (χ2n) is 18.8. The van der Waals surface area contributed by atoms with Crippen molar-refractivity contribution >= 4 is 53.1 Å². The van der Waals surface area contributed by atoms with Gasteiger partial charge in [0.15, 0.2) is 12.6 Å². The normalized spacial score (nSPS) is 22.3. The molecule has 9 rings (SSSR count). The maximum atomic E-state index is 17.2. The van der Waals surface area contributed by atoms with Crippen molar-refractivity contribution < 1.29 is 46.1 Å². The van der Waals surface area contributed by atoms with Crippen LogP contribution in [0.25, 0.3) is 22.2 Å². The summed E-state index contributed by atoms with van der Waals surface area (Å²) in [5, 5.41) is 11.6. The first-order chi connectivity index (χ1) is 31.5. The van der Waals surface area contributed by atoms with Crippen molar-refractivity contribution in [3.05, 3.63) is 95.4 Å². The molecule has 0 aliphatic carbocycles. The number of piperazine rings is 1. The molecular weight excluding hydrogens is 896 g/mol. The van der Waals surface area contributed by atoms with E-state index in [4.69, 9.17) is 35.2 Å². The van der Waals surface area contributed by atoms with E-state index in [9.17, 15) is 23.1 Å². The minimum Gasteiger partial charge on any atom is -0.467 e. The summed E-state index contributed by atoms with van der Waals surface area (Å²) in [5.74, 6) is -0.969. The van der Waals surface area contributed by atoms with Gasteiger partial charge in [-0.2, -0.15) is 23.1 Å². The van der Waals surface area contributed by atoms with Crippen LogP contribution in [0, 0.1) is 5.82 Å². The largest absolute Gasteiger partial charge is 0.467 e. The third-order valence-corrected chi connectivity index (χ3v) is 19.3. The van der Waals surface area contributed by atoms with Gasteiger partial charge in [-0.15, -0.1) is 0 Å². The minimum atomic E-state index is -4.99. The molecule has 0 saturated carbocycles. The van der Waals surface area contributed by atoms with Crippen LogP contribution in [0.1, 0.15) is 64.9 Å². The summed E-state index contributed by atoms with van der Waals surface area (Å²) in [6, 6.07) is 22.4. The van der Waals surface area contributed by atoms with E-state index in [-0.39, 0.29) is 78.1 Å². The minimum absolute atomic E-state index is 0.0856. The van der Waals surface area contributed by atoms with Crippen molar-refractivity contribution in [3.8, 4) is 23.0 Å². The molecule has 6 heterocycles. The third-order valence-electron chi connectivity index (χ3n) is 14.0. The number of rotatable bonds is 13. The van der Waals surface area contributed by atoms with E-state index in [2.05, 4.69) is 84.2 Å². The summed E-state index contributed by atoms with van der Waals surface area (Å²) < 4.78 is 85.5. The lowest BCUT2D eigenvalue weighted by Crippen LogP contribution is -2.67. The van der Waals surface area contributed by atoms with Gasteiger partial charge in [0, 0.05) is 38.0 Å². The van der Waals surface area contributed by atoms with Gasteiger partial charge in [0.1, 0.15) is 29.4 Å². The Hall–Kier alpha value is -5.07. The number of aromatic nitrogens is 3. The SMILES string of the molecule is COCOc1cc(Cl)c(C(F)(F)F)c(-c2ncc3c(N4CC5CCC(C4)N5C(=O)O)nc(OC[C@]45CCCN4[C@H](CO[Si](c4ccccc4)(c4ccccc4)C(C)(C)C)CC5)nc3c2F)c1. The van der Waals surface area contributed by atoms with Gasteiger partial charge in [-0.25, -0.2) is 9.18 Å². The van der Waals surface area contributed by atoms with Crippen LogP contribution in [0.5, 0.6) is 11.8 Å². The Morgan fingerprint density at radius 3 is 2.21 bits per heavy atom. The average molecular weight is 950 g/mol. The van der Waals surface area contributed by atoms with Crippen LogP contribution in [-0.4, -0.2) is 115 Å². The van der Waals surface area contributed by atoms with Crippen LogP contribution < -0.4 is 24.7 Å². The Morgan fingerprint density at radius 2 is 1.61 bits per heavy atom. The fraction of sp³-hybridized carbons (Fsp3) is 0.458. The number of anilines is 1. The first-order valence-electron chi connectivity index (χ1n) is 22.3. The Kier molecular flexibility index (Phi) is 12.5. The first kappa shape index (κ1) is 46.1. The Bertz CT molecular complexity index is 2540.